The van der Waals surface area contributed by atoms with E-state index in [2.05, 4.69) is 0 Å². The SMILES string of the molecule is COc1ccccc1CC(=O)Cc1ccc(Cl)cc1Cl. The van der Waals surface area contributed by atoms with Crippen LogP contribution in [0.4, 0.5) is 0 Å². The molecule has 2 aromatic rings. The van der Waals surface area contributed by atoms with Crippen LogP contribution in [0.1, 0.15) is 11.1 Å². The predicted octanol–water partition coefficient (Wildman–Crippen LogP) is 4.36. The van der Waals surface area contributed by atoms with E-state index in [0.717, 1.165) is 16.9 Å². The minimum absolute atomic E-state index is 0.0822. The van der Waals surface area contributed by atoms with Crippen LogP contribution in [0, 0.1) is 0 Å². The summed E-state index contributed by atoms with van der Waals surface area (Å²) >= 11 is 11.9. The average Bonchev–Trinajstić information content (AvgIpc) is 2.42. The molecule has 2 nitrogen and oxygen atoms in total. The number of halogens is 2. The molecular weight excluding hydrogens is 295 g/mol. The third kappa shape index (κ3) is 3.75. The van der Waals surface area contributed by atoms with Crippen LogP contribution in [0.25, 0.3) is 0 Å². The van der Waals surface area contributed by atoms with E-state index in [4.69, 9.17) is 27.9 Å². The van der Waals surface area contributed by atoms with Gasteiger partial charge in [-0.3, -0.25) is 4.79 Å². The van der Waals surface area contributed by atoms with Crippen LogP contribution in [0.2, 0.25) is 10.0 Å². The number of carbonyl (C=O) groups is 1. The highest BCUT2D eigenvalue weighted by atomic mass is 35.5. The maximum atomic E-state index is 12.1. The van der Waals surface area contributed by atoms with Gasteiger partial charge in [-0.2, -0.15) is 0 Å². The van der Waals surface area contributed by atoms with Crippen molar-refractivity contribution in [3.8, 4) is 5.75 Å². The van der Waals surface area contributed by atoms with Gasteiger partial charge in [-0.15, -0.1) is 0 Å². The first-order valence-electron chi connectivity index (χ1n) is 6.17. The molecule has 0 radical (unpaired) electrons. The number of carbonyl (C=O) groups excluding carboxylic acids is 1. The standard InChI is InChI=1S/C16H14Cl2O2/c1-20-16-5-3-2-4-12(16)9-14(19)8-11-6-7-13(17)10-15(11)18/h2-7,10H,8-9H2,1H3. The van der Waals surface area contributed by atoms with Crippen LogP contribution in [-0.2, 0) is 17.6 Å². The minimum Gasteiger partial charge on any atom is -0.496 e. The molecule has 0 spiro atoms. The monoisotopic (exact) mass is 308 g/mol. The van der Waals surface area contributed by atoms with Crippen LogP contribution in [0.3, 0.4) is 0 Å². The number of methoxy groups -OCH3 is 1. The first kappa shape index (κ1) is 14.9. The van der Waals surface area contributed by atoms with Crippen molar-refractivity contribution in [1.82, 2.24) is 0 Å². The van der Waals surface area contributed by atoms with E-state index in [-0.39, 0.29) is 12.2 Å². The first-order valence-corrected chi connectivity index (χ1v) is 6.93. The average molecular weight is 309 g/mol. The minimum atomic E-state index is 0.0822. The van der Waals surface area contributed by atoms with Crippen molar-refractivity contribution in [2.75, 3.05) is 7.11 Å². The van der Waals surface area contributed by atoms with E-state index < -0.39 is 0 Å². The fourth-order valence-electron chi connectivity index (χ4n) is 2.00. The summed E-state index contributed by atoms with van der Waals surface area (Å²) in [6, 6.07) is 12.7. The third-order valence-corrected chi connectivity index (χ3v) is 3.57. The van der Waals surface area contributed by atoms with Gasteiger partial charge in [-0.1, -0.05) is 47.5 Å². The Labute approximate surface area is 128 Å². The smallest absolute Gasteiger partial charge is 0.141 e. The number of hydrogen-bond donors (Lipinski definition) is 0. The highest BCUT2D eigenvalue weighted by Crippen LogP contribution is 2.23. The predicted molar refractivity (Wildman–Crippen MR) is 81.9 cm³/mol. The number of ketones is 1. The molecule has 2 aromatic carbocycles. The van der Waals surface area contributed by atoms with E-state index in [9.17, 15) is 4.79 Å². The zero-order valence-electron chi connectivity index (χ0n) is 11.0. The maximum Gasteiger partial charge on any atom is 0.141 e. The third-order valence-electron chi connectivity index (χ3n) is 2.98. The summed E-state index contributed by atoms with van der Waals surface area (Å²) in [4.78, 5) is 12.1. The molecule has 0 N–H and O–H groups in total. The lowest BCUT2D eigenvalue weighted by Gasteiger charge is -2.08. The Balaban J connectivity index is 2.09. The molecule has 0 saturated heterocycles. The lowest BCUT2D eigenvalue weighted by molar-refractivity contribution is -0.117. The van der Waals surface area contributed by atoms with E-state index in [0.29, 0.717) is 16.5 Å². The molecule has 0 fully saturated rings. The van der Waals surface area contributed by atoms with E-state index >= 15 is 0 Å². The Bertz CT molecular complexity index is 624. The molecule has 104 valence electrons. The molecule has 0 amide bonds. The summed E-state index contributed by atoms with van der Waals surface area (Å²) < 4.78 is 5.24. The van der Waals surface area contributed by atoms with Crippen molar-refractivity contribution in [3.05, 3.63) is 63.6 Å². The van der Waals surface area contributed by atoms with Gasteiger partial charge < -0.3 is 4.74 Å². The van der Waals surface area contributed by atoms with Crippen molar-refractivity contribution in [1.29, 1.82) is 0 Å². The number of Topliss-reactive ketones (excluding diaryl/α,β-unsaturated/α-hetero) is 1. The van der Waals surface area contributed by atoms with Gasteiger partial charge in [0, 0.05) is 28.5 Å². The molecule has 4 heteroatoms. The Morgan fingerprint density at radius 1 is 1.05 bits per heavy atom. The molecule has 0 aromatic heterocycles. The fraction of sp³-hybridized carbons (Fsp3) is 0.188. The van der Waals surface area contributed by atoms with Gasteiger partial charge in [0.15, 0.2) is 0 Å². The van der Waals surface area contributed by atoms with Crippen molar-refractivity contribution in [2.45, 2.75) is 12.8 Å². The molecule has 20 heavy (non-hydrogen) atoms. The molecule has 0 saturated carbocycles. The number of rotatable bonds is 5. The Kier molecular flexibility index (Phi) is 5.05. The second-order valence-corrected chi connectivity index (χ2v) is 5.28. The van der Waals surface area contributed by atoms with Gasteiger partial charge in [-0.25, -0.2) is 0 Å². The lowest BCUT2D eigenvalue weighted by Crippen LogP contribution is -2.08. The van der Waals surface area contributed by atoms with Crippen LogP contribution in [0.5, 0.6) is 5.75 Å². The fourth-order valence-corrected chi connectivity index (χ4v) is 2.48. The van der Waals surface area contributed by atoms with E-state index in [1.54, 1.807) is 25.3 Å². The van der Waals surface area contributed by atoms with E-state index in [1.165, 1.54) is 0 Å². The molecule has 0 aliphatic carbocycles. The number of hydrogen-bond acceptors (Lipinski definition) is 2. The van der Waals surface area contributed by atoms with Gasteiger partial charge in [-0.05, 0) is 23.8 Å². The van der Waals surface area contributed by atoms with Gasteiger partial charge in [0.25, 0.3) is 0 Å². The normalized spacial score (nSPS) is 10.3. The molecule has 0 heterocycles. The van der Waals surface area contributed by atoms with Crippen LogP contribution in [-0.4, -0.2) is 12.9 Å². The Morgan fingerprint density at radius 2 is 1.75 bits per heavy atom. The molecule has 0 bridgehead atoms. The second-order valence-electron chi connectivity index (χ2n) is 4.44. The summed E-state index contributed by atoms with van der Waals surface area (Å²) in [5.74, 6) is 0.807. The second kappa shape index (κ2) is 6.78. The summed E-state index contributed by atoms with van der Waals surface area (Å²) in [5.41, 5.74) is 1.67. The molecule has 2 rings (SSSR count). The van der Waals surface area contributed by atoms with Gasteiger partial charge in [0.2, 0.25) is 0 Å². The van der Waals surface area contributed by atoms with Crippen LogP contribution >= 0.6 is 23.2 Å². The van der Waals surface area contributed by atoms with Crippen LogP contribution < -0.4 is 4.74 Å². The Hall–Kier alpha value is -1.51. The number of para-hydroxylation sites is 1. The molecular formula is C16H14Cl2O2. The van der Waals surface area contributed by atoms with Crippen LogP contribution in [0.15, 0.2) is 42.5 Å². The number of benzene rings is 2. The van der Waals surface area contributed by atoms with Crippen molar-refractivity contribution in [2.24, 2.45) is 0 Å². The molecule has 0 unspecified atom stereocenters. The van der Waals surface area contributed by atoms with Gasteiger partial charge in [0.1, 0.15) is 11.5 Å². The Morgan fingerprint density at radius 3 is 2.45 bits per heavy atom. The van der Waals surface area contributed by atoms with E-state index in [1.807, 2.05) is 24.3 Å². The van der Waals surface area contributed by atoms with Crippen molar-refractivity contribution in [3.63, 3.8) is 0 Å². The summed E-state index contributed by atoms with van der Waals surface area (Å²) in [6.07, 6.45) is 0.608. The first-order chi connectivity index (χ1) is 9.60. The molecule has 0 aliphatic heterocycles. The number of ether oxygens (including phenoxy) is 1. The van der Waals surface area contributed by atoms with Gasteiger partial charge in [0.05, 0.1) is 7.11 Å². The lowest BCUT2D eigenvalue weighted by atomic mass is 10.0. The van der Waals surface area contributed by atoms with Crippen molar-refractivity contribution >= 4 is 29.0 Å². The van der Waals surface area contributed by atoms with Gasteiger partial charge >= 0.3 is 0 Å². The summed E-state index contributed by atoms with van der Waals surface area (Å²) in [6.45, 7) is 0. The topological polar surface area (TPSA) is 26.3 Å². The largest absolute Gasteiger partial charge is 0.496 e. The highest BCUT2D eigenvalue weighted by molar-refractivity contribution is 6.35. The summed E-state index contributed by atoms with van der Waals surface area (Å²) in [5, 5.41) is 1.09. The maximum absolute atomic E-state index is 12.1. The summed E-state index contributed by atoms with van der Waals surface area (Å²) in [7, 11) is 1.60. The zero-order chi connectivity index (χ0) is 14.5. The highest BCUT2D eigenvalue weighted by Gasteiger charge is 2.11. The molecule has 0 aliphatic rings. The van der Waals surface area contributed by atoms with Crippen molar-refractivity contribution < 1.29 is 9.53 Å². The molecule has 0 atom stereocenters. The quantitative estimate of drug-likeness (QED) is 0.820. The zero-order valence-corrected chi connectivity index (χ0v) is 12.5.